The zero-order valence-electron chi connectivity index (χ0n) is 14.4. The Kier molecular flexibility index (Phi) is 3.50. The molecular weight excluding hydrogens is 345 g/mol. The molecule has 4 aromatic rings. The molecule has 0 N–H and O–H groups in total. The van der Waals surface area contributed by atoms with Gasteiger partial charge in [0.25, 0.3) is 5.56 Å². The van der Waals surface area contributed by atoms with Crippen molar-refractivity contribution in [3.63, 3.8) is 0 Å². The Balaban J connectivity index is 1.96. The van der Waals surface area contributed by atoms with Gasteiger partial charge in [0.15, 0.2) is 0 Å². The molecule has 0 radical (unpaired) electrons. The average molecular weight is 361 g/mol. The Labute approximate surface area is 153 Å². The number of nitrogens with zero attached hydrogens (tertiary/aromatic N) is 1. The molecule has 27 heavy (non-hydrogen) atoms. The second-order valence-electron chi connectivity index (χ2n) is 6.96. The summed E-state index contributed by atoms with van der Waals surface area (Å²) in [5.74, 6) is -0.344. The summed E-state index contributed by atoms with van der Waals surface area (Å²) in [7, 11) is 0. The number of hydrogen-bond donors (Lipinski definition) is 0. The molecular formula is C22H16FNO3. The number of pyridine rings is 1. The lowest BCUT2D eigenvalue weighted by molar-refractivity contribution is 0.403. The SMILES string of the molecule is O=c1c2ccccc2oc2cc(C3CCC3)n(-c3ccccc3F)c(=O)c12. The molecule has 2 aromatic heterocycles. The first kappa shape index (κ1) is 16.0. The van der Waals surface area contributed by atoms with Crippen LogP contribution in [0.5, 0.6) is 0 Å². The minimum atomic E-state index is -0.529. The normalized spacial score (nSPS) is 14.6. The fraction of sp³-hybridized carbons (Fsp3) is 0.182. The third kappa shape index (κ3) is 2.35. The van der Waals surface area contributed by atoms with Crippen LogP contribution < -0.4 is 11.0 Å². The summed E-state index contributed by atoms with van der Waals surface area (Å²) in [6.45, 7) is 0. The highest BCUT2D eigenvalue weighted by molar-refractivity contribution is 5.89. The molecule has 0 amide bonds. The van der Waals surface area contributed by atoms with Gasteiger partial charge in [0.2, 0.25) is 5.43 Å². The van der Waals surface area contributed by atoms with E-state index in [2.05, 4.69) is 0 Å². The van der Waals surface area contributed by atoms with Crippen molar-refractivity contribution in [3.8, 4) is 5.69 Å². The quantitative estimate of drug-likeness (QED) is 0.494. The molecule has 0 unspecified atom stereocenters. The van der Waals surface area contributed by atoms with E-state index in [0.717, 1.165) is 19.3 Å². The third-order valence-electron chi connectivity index (χ3n) is 5.40. The standard InChI is InChI=1S/C22H16FNO3/c23-15-9-2-3-10-16(15)24-17(13-6-5-7-13)12-19-20(22(24)26)21(25)14-8-1-4-11-18(14)27-19/h1-4,8-13H,5-7H2. The molecule has 0 saturated heterocycles. The second-order valence-corrected chi connectivity index (χ2v) is 6.96. The first-order chi connectivity index (χ1) is 13.1. The molecule has 5 rings (SSSR count). The van der Waals surface area contributed by atoms with E-state index in [1.54, 1.807) is 48.5 Å². The first-order valence-electron chi connectivity index (χ1n) is 9.01. The van der Waals surface area contributed by atoms with Crippen LogP contribution in [0.1, 0.15) is 30.9 Å². The fourth-order valence-electron chi connectivity index (χ4n) is 3.78. The van der Waals surface area contributed by atoms with Gasteiger partial charge in [0, 0.05) is 11.8 Å². The van der Waals surface area contributed by atoms with Crippen LogP contribution in [0.3, 0.4) is 0 Å². The summed E-state index contributed by atoms with van der Waals surface area (Å²) in [4.78, 5) is 26.3. The van der Waals surface area contributed by atoms with Crippen molar-refractivity contribution in [3.05, 3.63) is 86.7 Å². The van der Waals surface area contributed by atoms with Gasteiger partial charge >= 0.3 is 0 Å². The highest BCUT2D eigenvalue weighted by atomic mass is 19.1. The van der Waals surface area contributed by atoms with E-state index >= 15 is 0 Å². The molecule has 0 spiro atoms. The number of rotatable bonds is 2. The molecule has 2 aromatic carbocycles. The minimum absolute atomic E-state index is 0.0416. The summed E-state index contributed by atoms with van der Waals surface area (Å²) in [5.41, 5.74) is 0.651. The summed E-state index contributed by atoms with van der Waals surface area (Å²) < 4.78 is 21.7. The van der Waals surface area contributed by atoms with Crippen LogP contribution >= 0.6 is 0 Å². The van der Waals surface area contributed by atoms with E-state index in [0.29, 0.717) is 16.7 Å². The predicted molar refractivity (Wildman–Crippen MR) is 102 cm³/mol. The molecule has 134 valence electrons. The molecule has 1 saturated carbocycles. The number of benzene rings is 2. The fourth-order valence-corrected chi connectivity index (χ4v) is 3.78. The van der Waals surface area contributed by atoms with E-state index < -0.39 is 11.4 Å². The molecule has 5 heteroatoms. The maximum absolute atomic E-state index is 14.5. The Morgan fingerprint density at radius 3 is 2.44 bits per heavy atom. The van der Waals surface area contributed by atoms with Crippen molar-refractivity contribution in [2.45, 2.75) is 25.2 Å². The minimum Gasteiger partial charge on any atom is -0.456 e. The largest absolute Gasteiger partial charge is 0.456 e. The van der Waals surface area contributed by atoms with Gasteiger partial charge in [-0.15, -0.1) is 0 Å². The molecule has 0 atom stereocenters. The number of fused-ring (bicyclic) bond motifs is 2. The van der Waals surface area contributed by atoms with Crippen molar-refractivity contribution in [1.29, 1.82) is 0 Å². The maximum atomic E-state index is 14.5. The van der Waals surface area contributed by atoms with Crippen molar-refractivity contribution in [2.75, 3.05) is 0 Å². The van der Waals surface area contributed by atoms with E-state index in [1.807, 2.05) is 0 Å². The van der Waals surface area contributed by atoms with Crippen molar-refractivity contribution in [1.82, 2.24) is 4.57 Å². The van der Waals surface area contributed by atoms with Gasteiger partial charge in [-0.05, 0) is 43.0 Å². The van der Waals surface area contributed by atoms with E-state index in [-0.39, 0.29) is 28.0 Å². The molecule has 1 aliphatic carbocycles. The number of hydrogen-bond acceptors (Lipinski definition) is 3. The monoisotopic (exact) mass is 361 g/mol. The lowest BCUT2D eigenvalue weighted by Crippen LogP contribution is -2.29. The van der Waals surface area contributed by atoms with Gasteiger partial charge in [-0.25, -0.2) is 4.39 Å². The van der Waals surface area contributed by atoms with E-state index in [4.69, 9.17) is 4.42 Å². The van der Waals surface area contributed by atoms with Crippen LogP contribution in [0.2, 0.25) is 0 Å². The molecule has 1 fully saturated rings. The molecule has 4 nitrogen and oxygen atoms in total. The zero-order chi connectivity index (χ0) is 18.5. The van der Waals surface area contributed by atoms with Crippen LogP contribution in [0.25, 0.3) is 27.6 Å². The lowest BCUT2D eigenvalue weighted by Gasteiger charge is -2.28. The van der Waals surface area contributed by atoms with Crippen LogP contribution in [-0.2, 0) is 0 Å². The predicted octanol–water partition coefficient (Wildman–Crippen LogP) is 4.50. The summed E-state index contributed by atoms with van der Waals surface area (Å²) in [6.07, 6.45) is 2.92. The highest BCUT2D eigenvalue weighted by Crippen LogP contribution is 2.37. The second kappa shape index (κ2) is 5.91. The van der Waals surface area contributed by atoms with Crippen LogP contribution in [0.4, 0.5) is 4.39 Å². The maximum Gasteiger partial charge on any atom is 0.270 e. The Morgan fingerprint density at radius 2 is 1.70 bits per heavy atom. The topological polar surface area (TPSA) is 52.2 Å². The number of aromatic nitrogens is 1. The van der Waals surface area contributed by atoms with Gasteiger partial charge in [-0.2, -0.15) is 0 Å². The summed E-state index contributed by atoms with van der Waals surface area (Å²) in [5, 5.41) is 0.304. The van der Waals surface area contributed by atoms with Gasteiger partial charge in [-0.3, -0.25) is 14.2 Å². The van der Waals surface area contributed by atoms with Crippen LogP contribution in [-0.4, -0.2) is 4.57 Å². The van der Waals surface area contributed by atoms with Gasteiger partial charge in [0.1, 0.15) is 22.4 Å². The van der Waals surface area contributed by atoms with Crippen LogP contribution in [0, 0.1) is 5.82 Å². The van der Waals surface area contributed by atoms with Gasteiger partial charge < -0.3 is 4.42 Å². The smallest absolute Gasteiger partial charge is 0.270 e. The molecule has 0 aliphatic heterocycles. The Bertz CT molecular complexity index is 1310. The van der Waals surface area contributed by atoms with E-state index in [9.17, 15) is 14.0 Å². The van der Waals surface area contributed by atoms with Gasteiger partial charge in [0.05, 0.1) is 11.1 Å². The third-order valence-corrected chi connectivity index (χ3v) is 5.40. The van der Waals surface area contributed by atoms with E-state index in [1.165, 1.54) is 10.6 Å². The van der Waals surface area contributed by atoms with Crippen molar-refractivity contribution < 1.29 is 8.81 Å². The number of halogens is 1. The zero-order valence-corrected chi connectivity index (χ0v) is 14.4. The highest BCUT2D eigenvalue weighted by Gasteiger charge is 2.27. The Hall–Kier alpha value is -3.21. The first-order valence-corrected chi connectivity index (χ1v) is 9.01. The molecule has 0 bridgehead atoms. The van der Waals surface area contributed by atoms with Gasteiger partial charge in [-0.1, -0.05) is 30.7 Å². The average Bonchev–Trinajstić information content (AvgIpc) is 2.61. The van der Waals surface area contributed by atoms with Crippen molar-refractivity contribution >= 4 is 21.9 Å². The van der Waals surface area contributed by atoms with Crippen molar-refractivity contribution in [2.24, 2.45) is 0 Å². The summed E-state index contributed by atoms with van der Waals surface area (Å²) >= 11 is 0. The number of para-hydroxylation sites is 2. The molecule has 2 heterocycles. The Morgan fingerprint density at radius 1 is 0.963 bits per heavy atom. The lowest BCUT2D eigenvalue weighted by atomic mass is 9.82. The van der Waals surface area contributed by atoms with Crippen LogP contribution in [0.15, 0.2) is 68.6 Å². The summed E-state index contributed by atoms with van der Waals surface area (Å²) in [6, 6.07) is 14.7. The molecule has 1 aliphatic rings.